The number of aromatic nitrogens is 3. The van der Waals surface area contributed by atoms with Gasteiger partial charge < -0.3 is 15.4 Å². The zero-order chi connectivity index (χ0) is 17.6. The molecular weight excluding hydrogens is 325 g/mol. The highest BCUT2D eigenvalue weighted by Crippen LogP contribution is 2.28. The second-order valence-corrected chi connectivity index (χ2v) is 6.14. The third-order valence-corrected chi connectivity index (χ3v) is 4.51. The molecule has 130 valence electrons. The maximum Gasteiger partial charge on any atom is 0.274 e. The number of nitrogens with two attached hydrogens (primary N) is 1. The number of rotatable bonds is 2. The standard InChI is InChI=1S/C17H18FN5O2/c1-25-13-6-2-5-11-14(13)21-17(19)23-9-12(20-15(11)23)16(24)22-7-3-4-10(18)8-22/h2,5-6,9-10H,3-4,7-8H2,1H3,(H2,19,21). The van der Waals surface area contributed by atoms with E-state index in [-0.39, 0.29) is 24.1 Å². The second-order valence-electron chi connectivity index (χ2n) is 6.14. The van der Waals surface area contributed by atoms with Crippen LogP contribution < -0.4 is 10.5 Å². The minimum absolute atomic E-state index is 0.106. The highest BCUT2D eigenvalue weighted by molar-refractivity contribution is 5.99. The van der Waals surface area contributed by atoms with Crippen molar-refractivity contribution in [3.63, 3.8) is 0 Å². The number of alkyl halides is 1. The molecule has 0 bridgehead atoms. The summed E-state index contributed by atoms with van der Waals surface area (Å²) in [6, 6.07) is 5.46. The van der Waals surface area contributed by atoms with Gasteiger partial charge in [0.25, 0.3) is 5.91 Å². The van der Waals surface area contributed by atoms with Crippen LogP contribution in [-0.4, -0.2) is 51.5 Å². The summed E-state index contributed by atoms with van der Waals surface area (Å²) in [7, 11) is 1.56. The molecule has 1 fully saturated rings. The first-order chi connectivity index (χ1) is 12.1. The molecule has 7 nitrogen and oxygen atoms in total. The molecule has 1 saturated heterocycles. The number of carbonyl (C=O) groups is 1. The van der Waals surface area contributed by atoms with Crippen molar-refractivity contribution in [1.29, 1.82) is 0 Å². The van der Waals surface area contributed by atoms with E-state index in [0.29, 0.717) is 36.3 Å². The van der Waals surface area contributed by atoms with E-state index >= 15 is 0 Å². The van der Waals surface area contributed by atoms with Gasteiger partial charge in [0.1, 0.15) is 28.8 Å². The van der Waals surface area contributed by atoms with Gasteiger partial charge in [-0.05, 0) is 25.0 Å². The topological polar surface area (TPSA) is 85.8 Å². The number of carbonyl (C=O) groups excluding carboxylic acids is 1. The minimum atomic E-state index is -0.980. The lowest BCUT2D eigenvalue weighted by Gasteiger charge is -2.28. The van der Waals surface area contributed by atoms with E-state index in [1.165, 1.54) is 4.90 Å². The van der Waals surface area contributed by atoms with E-state index in [1.807, 2.05) is 12.1 Å². The fourth-order valence-electron chi connectivity index (χ4n) is 3.27. The Balaban J connectivity index is 1.83. The molecule has 0 radical (unpaired) electrons. The number of likely N-dealkylation sites (tertiary alicyclic amines) is 1. The van der Waals surface area contributed by atoms with Gasteiger partial charge in [-0.15, -0.1) is 0 Å². The number of amides is 1. The summed E-state index contributed by atoms with van der Waals surface area (Å²) >= 11 is 0. The number of methoxy groups -OCH3 is 1. The van der Waals surface area contributed by atoms with Crippen molar-refractivity contribution in [1.82, 2.24) is 19.3 Å². The number of para-hydroxylation sites is 1. The summed E-state index contributed by atoms with van der Waals surface area (Å²) in [5.74, 6) is 0.501. The number of hydrogen-bond acceptors (Lipinski definition) is 5. The molecule has 1 aliphatic heterocycles. The number of hydrogen-bond donors (Lipinski definition) is 1. The largest absolute Gasteiger partial charge is 0.494 e. The Kier molecular flexibility index (Phi) is 3.67. The van der Waals surface area contributed by atoms with Crippen LogP contribution in [-0.2, 0) is 0 Å². The van der Waals surface area contributed by atoms with Gasteiger partial charge in [0, 0.05) is 18.1 Å². The first-order valence-corrected chi connectivity index (χ1v) is 8.13. The number of ether oxygens (including phenoxy) is 1. The maximum atomic E-state index is 13.6. The predicted molar refractivity (Wildman–Crippen MR) is 91.5 cm³/mol. The molecule has 0 spiro atoms. The Morgan fingerprint density at radius 2 is 2.24 bits per heavy atom. The van der Waals surface area contributed by atoms with Crippen LogP contribution in [0.1, 0.15) is 23.3 Å². The first kappa shape index (κ1) is 15.6. The molecular formula is C17H18FN5O2. The van der Waals surface area contributed by atoms with Crippen LogP contribution in [0.5, 0.6) is 5.75 Å². The molecule has 1 amide bonds. The quantitative estimate of drug-likeness (QED) is 0.770. The van der Waals surface area contributed by atoms with Gasteiger partial charge >= 0.3 is 0 Å². The van der Waals surface area contributed by atoms with Crippen molar-refractivity contribution in [3.8, 4) is 5.75 Å². The fraction of sp³-hybridized carbons (Fsp3) is 0.353. The van der Waals surface area contributed by atoms with Crippen molar-refractivity contribution >= 4 is 28.4 Å². The number of benzene rings is 1. The molecule has 1 aromatic carbocycles. The number of halogens is 1. The zero-order valence-electron chi connectivity index (χ0n) is 13.8. The maximum absolute atomic E-state index is 13.6. The normalized spacial score (nSPS) is 18.0. The lowest BCUT2D eigenvalue weighted by atomic mass is 10.1. The fourth-order valence-corrected chi connectivity index (χ4v) is 3.27. The summed E-state index contributed by atoms with van der Waals surface area (Å²) in [5, 5.41) is 0.731. The second kappa shape index (κ2) is 5.87. The minimum Gasteiger partial charge on any atom is -0.494 e. The number of piperidine rings is 1. The monoisotopic (exact) mass is 343 g/mol. The van der Waals surface area contributed by atoms with Gasteiger partial charge in [0.2, 0.25) is 5.95 Å². The number of anilines is 1. The summed E-state index contributed by atoms with van der Waals surface area (Å²) < 4.78 is 20.5. The van der Waals surface area contributed by atoms with Gasteiger partial charge in [-0.25, -0.2) is 14.4 Å². The van der Waals surface area contributed by atoms with Gasteiger partial charge in [0.05, 0.1) is 13.7 Å². The van der Waals surface area contributed by atoms with Gasteiger partial charge in [-0.3, -0.25) is 9.20 Å². The molecule has 0 saturated carbocycles. The number of nitrogens with zero attached hydrogens (tertiary/aromatic N) is 4. The summed E-state index contributed by atoms with van der Waals surface area (Å²) in [6.07, 6.45) is 1.73. The highest BCUT2D eigenvalue weighted by Gasteiger charge is 2.26. The van der Waals surface area contributed by atoms with Crippen LogP contribution in [0.4, 0.5) is 10.3 Å². The van der Waals surface area contributed by atoms with Crippen LogP contribution in [0.15, 0.2) is 24.4 Å². The lowest BCUT2D eigenvalue weighted by Crippen LogP contribution is -2.40. The van der Waals surface area contributed by atoms with Gasteiger partial charge in [0.15, 0.2) is 0 Å². The molecule has 2 aromatic heterocycles. The van der Waals surface area contributed by atoms with Crippen LogP contribution in [0.2, 0.25) is 0 Å². The van der Waals surface area contributed by atoms with Crippen LogP contribution >= 0.6 is 0 Å². The summed E-state index contributed by atoms with van der Waals surface area (Å²) in [4.78, 5) is 23.0. The highest BCUT2D eigenvalue weighted by atomic mass is 19.1. The number of imidazole rings is 1. The number of nitrogen functional groups attached to an aromatic ring is 1. The molecule has 2 N–H and O–H groups in total. The zero-order valence-corrected chi connectivity index (χ0v) is 13.8. The molecule has 3 heterocycles. The van der Waals surface area contributed by atoms with Crippen molar-refractivity contribution in [2.45, 2.75) is 19.0 Å². The smallest absolute Gasteiger partial charge is 0.274 e. The Labute approximate surface area is 143 Å². The van der Waals surface area contributed by atoms with Gasteiger partial charge in [-0.1, -0.05) is 6.07 Å². The average Bonchev–Trinajstić information content (AvgIpc) is 3.07. The van der Waals surface area contributed by atoms with Crippen molar-refractivity contribution in [2.75, 3.05) is 25.9 Å². The molecule has 1 atom stereocenters. The Morgan fingerprint density at radius 1 is 1.40 bits per heavy atom. The van der Waals surface area contributed by atoms with Crippen LogP contribution in [0.3, 0.4) is 0 Å². The Bertz CT molecular complexity index is 970. The van der Waals surface area contributed by atoms with Crippen molar-refractivity contribution in [3.05, 3.63) is 30.1 Å². The van der Waals surface area contributed by atoms with E-state index in [2.05, 4.69) is 9.97 Å². The summed E-state index contributed by atoms with van der Waals surface area (Å²) in [5.41, 5.74) is 7.38. The SMILES string of the molecule is COc1cccc2c1nc(N)n1cc(C(=O)N3CCCC(F)C3)nc21. The predicted octanol–water partition coefficient (Wildman–Crippen LogP) is 2.05. The van der Waals surface area contributed by atoms with E-state index in [1.54, 1.807) is 23.8 Å². The lowest BCUT2D eigenvalue weighted by molar-refractivity contribution is 0.0631. The molecule has 1 unspecified atom stereocenters. The van der Waals surface area contributed by atoms with Crippen LogP contribution in [0.25, 0.3) is 16.6 Å². The molecule has 1 aliphatic rings. The first-order valence-electron chi connectivity index (χ1n) is 8.13. The average molecular weight is 343 g/mol. The molecule has 4 rings (SSSR count). The summed E-state index contributed by atoms with van der Waals surface area (Å²) in [6.45, 7) is 0.643. The number of fused-ring (bicyclic) bond motifs is 3. The van der Waals surface area contributed by atoms with Gasteiger partial charge in [-0.2, -0.15) is 0 Å². The third-order valence-electron chi connectivity index (χ3n) is 4.51. The van der Waals surface area contributed by atoms with E-state index < -0.39 is 6.17 Å². The van der Waals surface area contributed by atoms with Crippen LogP contribution in [0, 0.1) is 0 Å². The third kappa shape index (κ3) is 2.54. The Hall–Kier alpha value is -2.90. The molecule has 0 aliphatic carbocycles. The van der Waals surface area contributed by atoms with Crippen molar-refractivity contribution < 1.29 is 13.9 Å². The molecule has 25 heavy (non-hydrogen) atoms. The Morgan fingerprint density at radius 3 is 3.00 bits per heavy atom. The van der Waals surface area contributed by atoms with Crippen molar-refractivity contribution in [2.24, 2.45) is 0 Å². The van der Waals surface area contributed by atoms with E-state index in [9.17, 15) is 9.18 Å². The molecule has 3 aromatic rings. The molecule has 8 heteroatoms. The van der Waals surface area contributed by atoms with E-state index in [0.717, 1.165) is 5.39 Å². The van der Waals surface area contributed by atoms with E-state index in [4.69, 9.17) is 10.5 Å².